The first-order valence-electron chi connectivity index (χ1n) is 6.35. The van der Waals surface area contributed by atoms with Crippen molar-refractivity contribution in [1.29, 1.82) is 0 Å². The van der Waals surface area contributed by atoms with Gasteiger partial charge in [-0.15, -0.1) is 0 Å². The monoisotopic (exact) mass is 326 g/mol. The molecule has 0 atom stereocenters. The summed E-state index contributed by atoms with van der Waals surface area (Å²) in [5.41, 5.74) is 1.43. The number of nitrogens with one attached hydrogen (secondary N) is 1. The third-order valence-electron chi connectivity index (χ3n) is 2.81. The molecule has 0 aliphatic heterocycles. The van der Waals surface area contributed by atoms with E-state index in [-0.39, 0.29) is 16.7 Å². The van der Waals surface area contributed by atoms with E-state index in [1.807, 2.05) is 6.07 Å². The number of pyridine rings is 1. The van der Waals surface area contributed by atoms with Gasteiger partial charge in [0.25, 0.3) is 10.0 Å². The third kappa shape index (κ3) is 4.42. The molecule has 0 amide bonds. The van der Waals surface area contributed by atoms with E-state index in [0.29, 0.717) is 18.5 Å². The van der Waals surface area contributed by atoms with Crippen molar-refractivity contribution in [2.24, 2.45) is 0 Å². The third-order valence-corrected chi connectivity index (χ3v) is 4.40. The van der Waals surface area contributed by atoms with Gasteiger partial charge in [0.1, 0.15) is 10.0 Å². The number of aliphatic hydroxyl groups is 1. The minimum Gasteiger partial charge on any atom is -0.396 e. The Morgan fingerprint density at radius 2 is 2.05 bits per heavy atom. The van der Waals surface area contributed by atoms with Crippen LogP contribution in [0.25, 0.3) is 0 Å². The molecule has 1 aromatic heterocycles. The molecule has 0 saturated heterocycles. The Labute approximate surface area is 128 Å². The Balaban J connectivity index is 2.18. The van der Waals surface area contributed by atoms with E-state index in [4.69, 9.17) is 16.7 Å². The van der Waals surface area contributed by atoms with E-state index in [1.54, 1.807) is 18.2 Å². The quantitative estimate of drug-likeness (QED) is 0.799. The zero-order chi connectivity index (χ0) is 15.3. The minimum absolute atomic E-state index is 0.0488. The number of hydrogen-bond acceptors (Lipinski definition) is 4. The molecule has 0 saturated carbocycles. The Bertz CT molecular complexity index is 702. The van der Waals surface area contributed by atoms with E-state index in [2.05, 4.69) is 9.71 Å². The second kappa shape index (κ2) is 6.89. The first-order valence-corrected chi connectivity index (χ1v) is 8.21. The van der Waals surface area contributed by atoms with Crippen LogP contribution < -0.4 is 4.72 Å². The van der Waals surface area contributed by atoms with Crippen LogP contribution in [0.1, 0.15) is 12.0 Å². The van der Waals surface area contributed by atoms with Gasteiger partial charge in [-0.25, -0.2) is 13.4 Å². The van der Waals surface area contributed by atoms with Gasteiger partial charge >= 0.3 is 0 Å². The standard InChI is InChI=1S/C14H15ClN2O3S/c15-14-7-6-13(10-16-14)21(19,20)17-12-5-1-3-11(9-12)4-2-8-18/h1,3,5-7,9-10,17-18H,2,4,8H2. The number of sulfonamides is 1. The Hall–Kier alpha value is -1.63. The Morgan fingerprint density at radius 1 is 1.24 bits per heavy atom. The lowest BCUT2D eigenvalue weighted by Gasteiger charge is -2.09. The average Bonchev–Trinajstić information content (AvgIpc) is 2.45. The zero-order valence-electron chi connectivity index (χ0n) is 11.2. The highest BCUT2D eigenvalue weighted by Crippen LogP contribution is 2.18. The summed E-state index contributed by atoms with van der Waals surface area (Å²) in [6.07, 6.45) is 2.53. The molecule has 1 aromatic carbocycles. The summed E-state index contributed by atoms with van der Waals surface area (Å²) in [6.45, 7) is 0.104. The summed E-state index contributed by atoms with van der Waals surface area (Å²) in [7, 11) is -3.69. The van der Waals surface area contributed by atoms with Gasteiger partial charge in [0, 0.05) is 18.5 Å². The van der Waals surface area contributed by atoms with Crippen LogP contribution in [0, 0.1) is 0 Å². The molecule has 5 nitrogen and oxygen atoms in total. The number of halogens is 1. The van der Waals surface area contributed by atoms with Crippen molar-refractivity contribution in [1.82, 2.24) is 4.98 Å². The van der Waals surface area contributed by atoms with Crippen molar-refractivity contribution in [2.75, 3.05) is 11.3 Å². The molecule has 2 aromatic rings. The van der Waals surface area contributed by atoms with Gasteiger partial charge in [0.2, 0.25) is 0 Å². The second-order valence-electron chi connectivity index (χ2n) is 4.45. The van der Waals surface area contributed by atoms with Gasteiger partial charge in [-0.2, -0.15) is 0 Å². The molecule has 1 heterocycles. The molecule has 0 aliphatic carbocycles. The van der Waals surface area contributed by atoms with Crippen LogP contribution in [0.4, 0.5) is 5.69 Å². The smallest absolute Gasteiger partial charge is 0.263 e. The second-order valence-corrected chi connectivity index (χ2v) is 6.52. The number of benzene rings is 1. The first-order chi connectivity index (χ1) is 10.0. The van der Waals surface area contributed by atoms with Crippen molar-refractivity contribution in [3.8, 4) is 0 Å². The van der Waals surface area contributed by atoms with E-state index < -0.39 is 10.0 Å². The molecule has 0 aliphatic rings. The summed E-state index contributed by atoms with van der Waals surface area (Å²) >= 11 is 5.64. The van der Waals surface area contributed by atoms with Gasteiger partial charge < -0.3 is 5.11 Å². The molecule has 0 spiro atoms. The van der Waals surface area contributed by atoms with Crippen LogP contribution in [0.3, 0.4) is 0 Å². The molecule has 112 valence electrons. The largest absolute Gasteiger partial charge is 0.396 e. The van der Waals surface area contributed by atoms with E-state index in [9.17, 15) is 8.42 Å². The molecular formula is C14H15ClN2O3S. The molecule has 2 rings (SSSR count). The molecule has 0 unspecified atom stereocenters. The van der Waals surface area contributed by atoms with Crippen molar-refractivity contribution in [3.63, 3.8) is 0 Å². The molecule has 2 N–H and O–H groups in total. The fourth-order valence-corrected chi connectivity index (χ4v) is 2.91. The van der Waals surface area contributed by atoms with Crippen molar-refractivity contribution in [3.05, 3.63) is 53.3 Å². The van der Waals surface area contributed by atoms with Gasteiger partial charge in [-0.1, -0.05) is 23.7 Å². The summed E-state index contributed by atoms with van der Waals surface area (Å²) in [6, 6.07) is 9.89. The topological polar surface area (TPSA) is 79.3 Å². The number of rotatable bonds is 6. The maximum Gasteiger partial charge on any atom is 0.263 e. The van der Waals surface area contributed by atoms with Gasteiger partial charge in [0.05, 0.1) is 0 Å². The van der Waals surface area contributed by atoms with Crippen LogP contribution in [0.5, 0.6) is 0 Å². The van der Waals surface area contributed by atoms with Crippen LogP contribution in [0.15, 0.2) is 47.5 Å². The molecular weight excluding hydrogens is 312 g/mol. The van der Waals surface area contributed by atoms with E-state index >= 15 is 0 Å². The average molecular weight is 327 g/mol. The molecule has 0 bridgehead atoms. The highest BCUT2D eigenvalue weighted by atomic mass is 35.5. The molecule has 7 heteroatoms. The number of nitrogens with zero attached hydrogens (tertiary/aromatic N) is 1. The maximum atomic E-state index is 12.2. The highest BCUT2D eigenvalue weighted by Gasteiger charge is 2.14. The summed E-state index contributed by atoms with van der Waals surface area (Å²) in [4.78, 5) is 3.81. The molecule has 21 heavy (non-hydrogen) atoms. The van der Waals surface area contributed by atoms with E-state index in [0.717, 1.165) is 5.56 Å². The lowest BCUT2D eigenvalue weighted by molar-refractivity contribution is 0.288. The lowest BCUT2D eigenvalue weighted by Crippen LogP contribution is -2.13. The summed E-state index contributed by atoms with van der Waals surface area (Å²) < 4.78 is 26.9. The minimum atomic E-state index is -3.69. The number of aliphatic hydroxyl groups excluding tert-OH is 1. The fourth-order valence-electron chi connectivity index (χ4n) is 1.81. The van der Waals surface area contributed by atoms with Gasteiger partial charge in [-0.05, 0) is 42.7 Å². The van der Waals surface area contributed by atoms with Crippen molar-refractivity contribution >= 4 is 27.3 Å². The van der Waals surface area contributed by atoms with Gasteiger partial charge in [-0.3, -0.25) is 4.72 Å². The predicted octanol–water partition coefficient (Wildman–Crippen LogP) is 2.46. The maximum absolute atomic E-state index is 12.2. The van der Waals surface area contributed by atoms with Crippen LogP contribution in [0.2, 0.25) is 5.15 Å². The number of anilines is 1. The Morgan fingerprint density at radius 3 is 2.71 bits per heavy atom. The van der Waals surface area contributed by atoms with Crippen LogP contribution in [-0.2, 0) is 16.4 Å². The predicted molar refractivity (Wildman–Crippen MR) is 81.9 cm³/mol. The number of aryl methyl sites for hydroxylation is 1. The zero-order valence-corrected chi connectivity index (χ0v) is 12.7. The molecule has 0 fully saturated rings. The lowest BCUT2D eigenvalue weighted by atomic mass is 10.1. The van der Waals surface area contributed by atoms with E-state index in [1.165, 1.54) is 18.3 Å². The SMILES string of the molecule is O=S(=O)(Nc1cccc(CCCO)c1)c1ccc(Cl)nc1. The Kier molecular flexibility index (Phi) is 5.17. The summed E-state index contributed by atoms with van der Waals surface area (Å²) in [5, 5.41) is 9.06. The molecule has 0 radical (unpaired) electrons. The van der Waals surface area contributed by atoms with Crippen molar-refractivity contribution < 1.29 is 13.5 Å². The van der Waals surface area contributed by atoms with Gasteiger partial charge in [0.15, 0.2) is 0 Å². The first kappa shape index (κ1) is 15.8. The fraction of sp³-hybridized carbons (Fsp3) is 0.214. The van der Waals surface area contributed by atoms with Crippen LogP contribution in [-0.4, -0.2) is 25.1 Å². The number of aromatic nitrogens is 1. The number of hydrogen-bond donors (Lipinski definition) is 2. The highest BCUT2D eigenvalue weighted by molar-refractivity contribution is 7.92. The summed E-state index contributed by atoms with van der Waals surface area (Å²) in [5.74, 6) is 0. The van der Waals surface area contributed by atoms with Crippen LogP contribution >= 0.6 is 11.6 Å². The normalized spacial score (nSPS) is 11.3. The van der Waals surface area contributed by atoms with Crippen molar-refractivity contribution in [2.45, 2.75) is 17.7 Å².